The number of carbonyl (C=O) groups is 1. The highest BCUT2D eigenvalue weighted by Crippen LogP contribution is 2.24. The summed E-state index contributed by atoms with van der Waals surface area (Å²) in [7, 11) is 1.54. The Morgan fingerprint density at radius 1 is 1.17 bits per heavy atom. The van der Waals surface area contributed by atoms with E-state index in [1.54, 1.807) is 49.6 Å². The Bertz CT molecular complexity index is 1120. The van der Waals surface area contributed by atoms with E-state index in [1.807, 2.05) is 30.6 Å². The molecule has 0 spiro atoms. The van der Waals surface area contributed by atoms with Gasteiger partial charge in [-0.3, -0.25) is 4.79 Å². The minimum absolute atomic E-state index is 0.0211. The Balaban J connectivity index is 1.91. The van der Waals surface area contributed by atoms with Crippen molar-refractivity contribution in [2.45, 2.75) is 13.8 Å². The first-order valence-corrected chi connectivity index (χ1v) is 8.95. The number of aromatic nitrogens is 1. The molecule has 6 heteroatoms. The van der Waals surface area contributed by atoms with Crippen molar-refractivity contribution >= 4 is 17.7 Å². The molecule has 1 heterocycles. The van der Waals surface area contributed by atoms with Crippen LogP contribution in [-0.4, -0.2) is 17.6 Å². The fourth-order valence-electron chi connectivity index (χ4n) is 3.12. The van der Waals surface area contributed by atoms with Gasteiger partial charge in [0.1, 0.15) is 23.2 Å². The summed E-state index contributed by atoms with van der Waals surface area (Å²) in [5.41, 5.74) is 3.81. The van der Waals surface area contributed by atoms with E-state index in [2.05, 4.69) is 5.32 Å². The molecule has 2 aromatic carbocycles. The minimum Gasteiger partial charge on any atom is -0.497 e. The monoisotopic (exact) mass is 389 g/mol. The maximum atomic E-state index is 13.2. The Hall–Kier alpha value is -3.85. The average Bonchev–Trinajstić information content (AvgIpc) is 3.00. The lowest BCUT2D eigenvalue weighted by Gasteiger charge is -2.09. The topological polar surface area (TPSA) is 67.0 Å². The first kappa shape index (κ1) is 19.9. The molecule has 0 bridgehead atoms. The summed E-state index contributed by atoms with van der Waals surface area (Å²) in [4.78, 5) is 12.6. The third kappa shape index (κ3) is 4.36. The lowest BCUT2D eigenvalue weighted by Crippen LogP contribution is -2.13. The normalized spacial score (nSPS) is 11.1. The third-order valence-electron chi connectivity index (χ3n) is 4.55. The smallest absolute Gasteiger partial charge is 0.266 e. The van der Waals surface area contributed by atoms with E-state index < -0.39 is 5.91 Å². The number of methoxy groups -OCH3 is 1. The molecule has 0 saturated carbocycles. The van der Waals surface area contributed by atoms with Crippen molar-refractivity contribution < 1.29 is 13.9 Å². The quantitative estimate of drug-likeness (QED) is 0.504. The van der Waals surface area contributed by atoms with Gasteiger partial charge in [0.15, 0.2) is 0 Å². The fourth-order valence-corrected chi connectivity index (χ4v) is 3.12. The lowest BCUT2D eigenvalue weighted by molar-refractivity contribution is -0.112. The first-order chi connectivity index (χ1) is 13.9. The minimum atomic E-state index is -0.507. The van der Waals surface area contributed by atoms with Crippen molar-refractivity contribution in [3.63, 3.8) is 0 Å². The van der Waals surface area contributed by atoms with Crippen molar-refractivity contribution in [2.24, 2.45) is 0 Å². The molecule has 1 aromatic heterocycles. The van der Waals surface area contributed by atoms with Crippen molar-refractivity contribution in [3.8, 4) is 17.5 Å². The number of amides is 1. The maximum Gasteiger partial charge on any atom is 0.266 e. The molecule has 1 amide bonds. The standard InChI is InChI=1S/C23H20FN3O2/c1-15-11-17(16(2)27(15)21-9-7-19(24)8-10-21)12-18(14-25)23(28)26-20-5-4-6-22(13-20)29-3/h4-13H,1-3H3,(H,26,28)/b18-12-. The number of carbonyl (C=O) groups excluding carboxylic acids is 1. The lowest BCUT2D eigenvalue weighted by atomic mass is 10.1. The second-order valence-electron chi connectivity index (χ2n) is 6.49. The van der Waals surface area contributed by atoms with Gasteiger partial charge in [0.25, 0.3) is 5.91 Å². The highest BCUT2D eigenvalue weighted by molar-refractivity contribution is 6.09. The van der Waals surface area contributed by atoms with Gasteiger partial charge >= 0.3 is 0 Å². The Morgan fingerprint density at radius 2 is 1.90 bits per heavy atom. The largest absolute Gasteiger partial charge is 0.497 e. The van der Waals surface area contributed by atoms with Gasteiger partial charge in [-0.2, -0.15) is 5.26 Å². The molecule has 3 rings (SSSR count). The van der Waals surface area contributed by atoms with Crippen molar-refractivity contribution in [1.82, 2.24) is 4.57 Å². The molecule has 5 nitrogen and oxygen atoms in total. The number of nitriles is 1. The van der Waals surface area contributed by atoms with E-state index in [0.717, 1.165) is 22.6 Å². The van der Waals surface area contributed by atoms with Crippen LogP contribution in [0.3, 0.4) is 0 Å². The summed E-state index contributed by atoms with van der Waals surface area (Å²) in [5.74, 6) is -0.210. The van der Waals surface area contributed by atoms with Gasteiger partial charge in [-0.1, -0.05) is 6.07 Å². The van der Waals surface area contributed by atoms with Gasteiger partial charge in [0.05, 0.1) is 7.11 Å². The summed E-state index contributed by atoms with van der Waals surface area (Å²) in [6.45, 7) is 3.80. The SMILES string of the molecule is COc1cccc(NC(=O)/C(C#N)=C\c2cc(C)n(-c3ccc(F)cc3)c2C)c1. The van der Waals surface area contributed by atoms with Gasteiger partial charge in [0.2, 0.25) is 0 Å². The Labute approximate surface area is 168 Å². The first-order valence-electron chi connectivity index (χ1n) is 8.95. The molecule has 0 saturated heterocycles. The van der Waals surface area contributed by atoms with Crippen molar-refractivity contribution in [3.05, 3.63) is 82.9 Å². The molecule has 146 valence electrons. The zero-order valence-electron chi connectivity index (χ0n) is 16.4. The van der Waals surface area contributed by atoms with E-state index in [-0.39, 0.29) is 11.4 Å². The maximum absolute atomic E-state index is 13.2. The predicted molar refractivity (Wildman–Crippen MR) is 110 cm³/mol. The number of halogens is 1. The molecule has 0 unspecified atom stereocenters. The number of nitrogens with one attached hydrogen (secondary N) is 1. The zero-order chi connectivity index (χ0) is 21.0. The number of aryl methyl sites for hydroxylation is 1. The van der Waals surface area contributed by atoms with Gasteiger partial charge in [0, 0.05) is 28.8 Å². The van der Waals surface area contributed by atoms with Crippen molar-refractivity contribution in [1.29, 1.82) is 5.26 Å². The van der Waals surface area contributed by atoms with Gasteiger partial charge < -0.3 is 14.6 Å². The van der Waals surface area contributed by atoms with Crippen molar-refractivity contribution in [2.75, 3.05) is 12.4 Å². The average molecular weight is 389 g/mol. The fraction of sp³-hybridized carbons (Fsp3) is 0.130. The van der Waals surface area contributed by atoms with Crippen LogP contribution in [-0.2, 0) is 4.79 Å². The summed E-state index contributed by atoms with van der Waals surface area (Å²) in [5, 5.41) is 12.2. The summed E-state index contributed by atoms with van der Waals surface area (Å²) < 4.78 is 20.3. The number of ether oxygens (including phenoxy) is 1. The number of hydrogen-bond acceptors (Lipinski definition) is 3. The van der Waals surface area contributed by atoms with Crippen LogP contribution >= 0.6 is 0 Å². The Kier molecular flexibility index (Phi) is 5.79. The van der Waals surface area contributed by atoms with Gasteiger partial charge in [-0.15, -0.1) is 0 Å². The van der Waals surface area contributed by atoms with Gasteiger partial charge in [-0.25, -0.2) is 4.39 Å². The van der Waals surface area contributed by atoms with E-state index in [4.69, 9.17) is 4.74 Å². The third-order valence-corrected chi connectivity index (χ3v) is 4.55. The van der Waals surface area contributed by atoms with Gasteiger partial charge in [-0.05, 0) is 68.0 Å². The molecule has 3 aromatic rings. The van der Waals surface area contributed by atoms with E-state index in [9.17, 15) is 14.4 Å². The zero-order valence-corrected chi connectivity index (χ0v) is 16.4. The highest BCUT2D eigenvalue weighted by atomic mass is 19.1. The predicted octanol–water partition coefficient (Wildman–Crippen LogP) is 4.79. The Morgan fingerprint density at radius 3 is 2.55 bits per heavy atom. The van der Waals surface area contributed by atoms with Crippen LogP contribution in [0.25, 0.3) is 11.8 Å². The summed E-state index contributed by atoms with van der Waals surface area (Å²) in [6.07, 6.45) is 1.55. The molecule has 0 atom stereocenters. The number of benzene rings is 2. The van der Waals surface area contributed by atoms with E-state index in [0.29, 0.717) is 11.4 Å². The number of hydrogen-bond donors (Lipinski definition) is 1. The molecule has 0 aliphatic rings. The number of anilines is 1. The molecular formula is C23H20FN3O2. The number of nitrogens with zero attached hydrogens (tertiary/aromatic N) is 2. The van der Waals surface area contributed by atoms with E-state index >= 15 is 0 Å². The molecule has 0 aliphatic heterocycles. The number of rotatable bonds is 5. The van der Waals surface area contributed by atoms with Crippen LogP contribution in [0.5, 0.6) is 5.75 Å². The second kappa shape index (κ2) is 8.44. The molecular weight excluding hydrogens is 369 g/mol. The molecule has 0 fully saturated rings. The summed E-state index contributed by atoms with van der Waals surface area (Å²) in [6, 6.07) is 16.9. The van der Waals surface area contributed by atoms with Crippen LogP contribution in [0.15, 0.2) is 60.2 Å². The van der Waals surface area contributed by atoms with Crippen LogP contribution in [0.4, 0.5) is 10.1 Å². The molecule has 0 aliphatic carbocycles. The summed E-state index contributed by atoms with van der Waals surface area (Å²) >= 11 is 0. The second-order valence-corrected chi connectivity index (χ2v) is 6.49. The van der Waals surface area contributed by atoms with Crippen LogP contribution < -0.4 is 10.1 Å². The van der Waals surface area contributed by atoms with E-state index in [1.165, 1.54) is 12.1 Å². The van der Waals surface area contributed by atoms with Crippen LogP contribution in [0, 0.1) is 31.0 Å². The van der Waals surface area contributed by atoms with Crippen LogP contribution in [0.1, 0.15) is 17.0 Å². The molecule has 0 radical (unpaired) electrons. The molecule has 1 N–H and O–H groups in total. The molecule has 29 heavy (non-hydrogen) atoms. The highest BCUT2D eigenvalue weighted by Gasteiger charge is 2.14. The van der Waals surface area contributed by atoms with Crippen LogP contribution in [0.2, 0.25) is 0 Å².